The summed E-state index contributed by atoms with van der Waals surface area (Å²) in [6, 6.07) is 20.2. The van der Waals surface area contributed by atoms with E-state index in [1.165, 1.54) is 0 Å². The summed E-state index contributed by atoms with van der Waals surface area (Å²) in [5.41, 5.74) is 2.50. The Kier molecular flexibility index (Phi) is 4.80. The molecule has 154 valence electrons. The van der Waals surface area contributed by atoms with Crippen LogP contribution >= 0.6 is 0 Å². The lowest BCUT2D eigenvalue weighted by Crippen LogP contribution is -2.16. The number of carbonyl (C=O) groups is 2. The normalized spacial score (nSPS) is 13.0. The zero-order valence-corrected chi connectivity index (χ0v) is 16.6. The van der Waals surface area contributed by atoms with E-state index < -0.39 is 0 Å². The van der Waals surface area contributed by atoms with Crippen LogP contribution in [0.1, 0.15) is 23.3 Å². The Morgan fingerprint density at radius 1 is 0.903 bits per heavy atom. The van der Waals surface area contributed by atoms with E-state index in [1.807, 2.05) is 54.7 Å². The number of para-hydroxylation sites is 1. The summed E-state index contributed by atoms with van der Waals surface area (Å²) in [5.74, 6) is 0.119. The molecule has 0 saturated heterocycles. The van der Waals surface area contributed by atoms with E-state index >= 15 is 0 Å². The van der Waals surface area contributed by atoms with Crippen molar-refractivity contribution in [3.8, 4) is 11.4 Å². The fourth-order valence-electron chi connectivity index (χ4n) is 3.24. The molecule has 2 aromatic heterocycles. The van der Waals surface area contributed by atoms with Crippen molar-refractivity contribution in [3.63, 3.8) is 0 Å². The van der Waals surface area contributed by atoms with E-state index in [9.17, 15) is 9.59 Å². The summed E-state index contributed by atoms with van der Waals surface area (Å²) < 4.78 is 3.32. The van der Waals surface area contributed by atoms with Gasteiger partial charge in [-0.05, 0) is 55.3 Å². The Morgan fingerprint density at radius 3 is 2.35 bits per heavy atom. The lowest BCUT2D eigenvalue weighted by Gasteiger charge is -2.08. The van der Waals surface area contributed by atoms with Crippen LogP contribution in [-0.4, -0.2) is 31.4 Å². The van der Waals surface area contributed by atoms with Crippen LogP contribution in [0.5, 0.6) is 0 Å². The third-order valence-electron chi connectivity index (χ3n) is 5.04. The summed E-state index contributed by atoms with van der Waals surface area (Å²) in [5, 5.41) is 14.4. The monoisotopic (exact) mass is 412 g/mol. The molecule has 1 fully saturated rings. The average molecular weight is 412 g/mol. The van der Waals surface area contributed by atoms with Gasteiger partial charge in [-0.3, -0.25) is 9.59 Å². The molecule has 31 heavy (non-hydrogen) atoms. The van der Waals surface area contributed by atoms with Gasteiger partial charge in [0.15, 0.2) is 5.69 Å². The van der Waals surface area contributed by atoms with Crippen LogP contribution in [-0.2, 0) is 4.79 Å². The van der Waals surface area contributed by atoms with Crippen LogP contribution in [0, 0.1) is 5.92 Å². The third kappa shape index (κ3) is 4.09. The van der Waals surface area contributed by atoms with Gasteiger partial charge < -0.3 is 10.6 Å². The van der Waals surface area contributed by atoms with Crippen LogP contribution in [0.2, 0.25) is 0 Å². The zero-order valence-electron chi connectivity index (χ0n) is 16.6. The minimum absolute atomic E-state index is 0.0433. The number of nitrogens with one attached hydrogen (secondary N) is 2. The van der Waals surface area contributed by atoms with Gasteiger partial charge in [0, 0.05) is 30.1 Å². The van der Waals surface area contributed by atoms with Gasteiger partial charge in [-0.15, -0.1) is 0 Å². The molecular formula is C23H20N6O2. The number of hydrogen-bond donors (Lipinski definition) is 2. The molecule has 8 heteroatoms. The number of rotatable bonds is 6. The van der Waals surface area contributed by atoms with Crippen LogP contribution in [0.15, 0.2) is 79.1 Å². The average Bonchev–Trinajstić information content (AvgIpc) is 3.34. The van der Waals surface area contributed by atoms with Gasteiger partial charge in [0.05, 0.1) is 11.4 Å². The first-order chi connectivity index (χ1) is 15.2. The van der Waals surface area contributed by atoms with Crippen molar-refractivity contribution >= 4 is 23.3 Å². The molecule has 1 aliphatic carbocycles. The molecule has 1 aliphatic rings. The van der Waals surface area contributed by atoms with E-state index in [1.54, 1.807) is 33.8 Å². The number of hydrogen-bond acceptors (Lipinski definition) is 4. The largest absolute Gasteiger partial charge is 0.321 e. The highest BCUT2D eigenvalue weighted by atomic mass is 16.2. The van der Waals surface area contributed by atoms with Crippen molar-refractivity contribution in [3.05, 3.63) is 84.8 Å². The van der Waals surface area contributed by atoms with Crippen LogP contribution in [0.4, 0.5) is 11.5 Å². The van der Waals surface area contributed by atoms with Crippen LogP contribution in [0.3, 0.4) is 0 Å². The number of benzene rings is 2. The third-order valence-corrected chi connectivity index (χ3v) is 5.04. The van der Waals surface area contributed by atoms with Crippen molar-refractivity contribution in [1.29, 1.82) is 0 Å². The number of aromatic nitrogens is 4. The molecule has 2 aromatic carbocycles. The molecule has 0 atom stereocenters. The Labute approximate surface area is 178 Å². The van der Waals surface area contributed by atoms with Gasteiger partial charge in [-0.1, -0.05) is 18.2 Å². The van der Waals surface area contributed by atoms with Crippen molar-refractivity contribution in [2.75, 3.05) is 10.6 Å². The van der Waals surface area contributed by atoms with Crippen molar-refractivity contribution in [2.45, 2.75) is 12.8 Å². The topological polar surface area (TPSA) is 93.8 Å². The Bertz CT molecular complexity index is 1210. The zero-order chi connectivity index (χ0) is 21.2. The Morgan fingerprint density at radius 2 is 1.68 bits per heavy atom. The first-order valence-corrected chi connectivity index (χ1v) is 10.1. The van der Waals surface area contributed by atoms with Gasteiger partial charge in [-0.2, -0.15) is 10.2 Å². The highest BCUT2D eigenvalue weighted by Gasteiger charge is 2.30. The second-order valence-electron chi connectivity index (χ2n) is 7.38. The van der Waals surface area contributed by atoms with Crippen molar-refractivity contribution in [2.24, 2.45) is 5.92 Å². The quantitative estimate of drug-likeness (QED) is 0.505. The molecular weight excluding hydrogens is 392 g/mol. The van der Waals surface area contributed by atoms with Gasteiger partial charge in [0.2, 0.25) is 5.91 Å². The van der Waals surface area contributed by atoms with E-state index in [2.05, 4.69) is 20.8 Å². The molecule has 2 amide bonds. The molecule has 4 aromatic rings. The van der Waals surface area contributed by atoms with E-state index in [0.29, 0.717) is 11.5 Å². The summed E-state index contributed by atoms with van der Waals surface area (Å²) in [7, 11) is 0. The number of carbonyl (C=O) groups excluding carboxylic acids is 2. The minimum Gasteiger partial charge on any atom is -0.321 e. The maximum atomic E-state index is 12.8. The smallest absolute Gasteiger partial charge is 0.276 e. The molecule has 0 spiro atoms. The fourth-order valence-corrected chi connectivity index (χ4v) is 3.24. The Hall–Kier alpha value is -4.20. The maximum absolute atomic E-state index is 12.8. The fraction of sp³-hybridized carbons (Fsp3) is 0.130. The first-order valence-electron chi connectivity index (χ1n) is 10.1. The summed E-state index contributed by atoms with van der Waals surface area (Å²) in [6.45, 7) is 0. The summed E-state index contributed by atoms with van der Waals surface area (Å²) in [6.07, 6.45) is 5.35. The van der Waals surface area contributed by atoms with E-state index in [-0.39, 0.29) is 23.4 Å². The van der Waals surface area contributed by atoms with Gasteiger partial charge in [0.25, 0.3) is 5.91 Å². The standard InChI is InChI=1S/C23H20N6O2/c30-22(16-7-8-16)26-21-15-20(27-29(21)19-5-2-1-3-6-19)23(31)25-17-9-11-18(12-10-17)28-14-4-13-24-28/h1-6,9-16H,7-8H2,(H,25,31)(H,26,30). The second kappa shape index (κ2) is 7.91. The first kappa shape index (κ1) is 18.8. The summed E-state index contributed by atoms with van der Waals surface area (Å²) in [4.78, 5) is 25.1. The lowest BCUT2D eigenvalue weighted by atomic mass is 10.2. The molecule has 0 bridgehead atoms. The summed E-state index contributed by atoms with van der Waals surface area (Å²) >= 11 is 0. The molecule has 2 heterocycles. The van der Waals surface area contributed by atoms with Crippen LogP contribution in [0.25, 0.3) is 11.4 Å². The number of anilines is 2. The number of nitrogens with zero attached hydrogens (tertiary/aromatic N) is 4. The number of amides is 2. The molecule has 0 aliphatic heterocycles. The maximum Gasteiger partial charge on any atom is 0.276 e. The second-order valence-corrected chi connectivity index (χ2v) is 7.38. The molecule has 1 saturated carbocycles. The molecule has 8 nitrogen and oxygen atoms in total. The van der Waals surface area contributed by atoms with E-state index in [0.717, 1.165) is 24.2 Å². The van der Waals surface area contributed by atoms with Gasteiger partial charge in [-0.25, -0.2) is 9.36 Å². The molecule has 0 radical (unpaired) electrons. The minimum atomic E-state index is -0.358. The lowest BCUT2D eigenvalue weighted by molar-refractivity contribution is -0.117. The van der Waals surface area contributed by atoms with Crippen molar-refractivity contribution in [1.82, 2.24) is 19.6 Å². The highest BCUT2D eigenvalue weighted by molar-refractivity contribution is 6.04. The molecule has 2 N–H and O–H groups in total. The van der Waals surface area contributed by atoms with Gasteiger partial charge in [0.1, 0.15) is 5.82 Å². The van der Waals surface area contributed by atoms with Gasteiger partial charge >= 0.3 is 0 Å². The predicted molar refractivity (Wildman–Crippen MR) is 116 cm³/mol. The molecule has 5 rings (SSSR count). The molecule has 0 unspecified atom stereocenters. The Balaban J connectivity index is 1.38. The van der Waals surface area contributed by atoms with Crippen molar-refractivity contribution < 1.29 is 9.59 Å². The SMILES string of the molecule is O=C(Nc1ccc(-n2cccn2)cc1)c1cc(NC(=O)C2CC2)n(-c2ccccc2)n1. The predicted octanol–water partition coefficient (Wildman–Crippen LogP) is 3.66. The highest BCUT2D eigenvalue weighted by Crippen LogP contribution is 2.30. The van der Waals surface area contributed by atoms with E-state index in [4.69, 9.17) is 0 Å². The van der Waals surface area contributed by atoms with Crippen LogP contribution < -0.4 is 10.6 Å².